The lowest BCUT2D eigenvalue weighted by Gasteiger charge is -2.37. The van der Waals surface area contributed by atoms with Crippen LogP contribution in [0.4, 0.5) is 32.0 Å². The molecule has 1 aliphatic rings. The van der Waals surface area contributed by atoms with Gasteiger partial charge in [-0.2, -0.15) is 26.3 Å². The zero-order valence-corrected chi connectivity index (χ0v) is 17.2. The Morgan fingerprint density at radius 2 is 1.68 bits per heavy atom. The molecular weight excluding hydrogens is 434 g/mol. The number of piperidine rings is 1. The summed E-state index contributed by atoms with van der Waals surface area (Å²) in [6, 6.07) is 2.18. The predicted molar refractivity (Wildman–Crippen MR) is 100 cm³/mol. The average molecular weight is 458 g/mol. The fraction of sp³-hybridized carbons (Fsp3) is 0.579. The number of esters is 1. The minimum atomic E-state index is -5.08. The van der Waals surface area contributed by atoms with Gasteiger partial charge in [-0.3, -0.25) is 0 Å². The number of carbonyl (C=O) groups is 2. The summed E-state index contributed by atoms with van der Waals surface area (Å²) in [4.78, 5) is 22.8. The molecule has 0 unspecified atom stereocenters. The third kappa shape index (κ3) is 7.30. The summed E-state index contributed by atoms with van der Waals surface area (Å²) in [6.07, 6.45) is -7.88. The molecule has 0 atom stereocenters. The molecule has 1 fully saturated rings. The minimum Gasteiger partial charge on any atom is -0.475 e. The number of carboxylic acid groups (broad SMARTS) is 1. The molecule has 2 N–H and O–H groups in total. The highest BCUT2D eigenvalue weighted by Crippen LogP contribution is 2.36. The quantitative estimate of drug-likeness (QED) is 0.525. The minimum absolute atomic E-state index is 0.0327. The SMILES string of the molecule is CCN(c1cc(C(F)(F)F)cc(C(=O)OC)c1C)C1CCNCC1.O=C(O)C(F)(F)F. The van der Waals surface area contributed by atoms with Gasteiger partial charge in [0.25, 0.3) is 0 Å². The maximum atomic E-state index is 13.3. The molecule has 0 aromatic heterocycles. The number of aliphatic carboxylic acids is 1. The second kappa shape index (κ2) is 10.7. The number of alkyl halides is 6. The van der Waals surface area contributed by atoms with E-state index < -0.39 is 29.9 Å². The lowest BCUT2D eigenvalue weighted by molar-refractivity contribution is -0.192. The molecule has 6 nitrogen and oxygen atoms in total. The number of benzene rings is 1. The Kier molecular flexibility index (Phi) is 9.15. The average Bonchev–Trinajstić information content (AvgIpc) is 2.69. The van der Waals surface area contributed by atoms with Gasteiger partial charge in [0.1, 0.15) is 0 Å². The van der Waals surface area contributed by atoms with Crippen LogP contribution in [0.25, 0.3) is 0 Å². The molecule has 31 heavy (non-hydrogen) atoms. The molecule has 1 aromatic rings. The van der Waals surface area contributed by atoms with Crippen LogP contribution in [-0.4, -0.2) is 56.0 Å². The van der Waals surface area contributed by atoms with Crippen molar-refractivity contribution in [2.24, 2.45) is 0 Å². The molecule has 1 aliphatic heterocycles. The van der Waals surface area contributed by atoms with Crippen LogP contribution >= 0.6 is 0 Å². The number of nitrogens with one attached hydrogen (secondary N) is 1. The molecule has 176 valence electrons. The Morgan fingerprint density at radius 1 is 1.16 bits per heavy atom. The molecule has 12 heteroatoms. The number of carbonyl (C=O) groups excluding carboxylic acids is 1. The summed E-state index contributed by atoms with van der Waals surface area (Å²) in [5.74, 6) is -3.51. The number of hydrogen-bond donors (Lipinski definition) is 2. The van der Waals surface area contributed by atoms with Crippen LogP contribution in [0, 0.1) is 6.92 Å². The van der Waals surface area contributed by atoms with E-state index in [2.05, 4.69) is 10.1 Å². The van der Waals surface area contributed by atoms with E-state index in [4.69, 9.17) is 9.90 Å². The van der Waals surface area contributed by atoms with Crippen molar-refractivity contribution in [1.82, 2.24) is 5.32 Å². The Labute approximate surface area is 175 Å². The predicted octanol–water partition coefficient (Wildman–Crippen LogP) is 4.01. The summed E-state index contributed by atoms with van der Waals surface area (Å²) in [6.45, 7) is 5.84. The van der Waals surface area contributed by atoms with Crippen molar-refractivity contribution in [3.63, 3.8) is 0 Å². The number of nitrogens with zero attached hydrogens (tertiary/aromatic N) is 1. The van der Waals surface area contributed by atoms with Gasteiger partial charge in [-0.1, -0.05) is 0 Å². The monoisotopic (exact) mass is 458 g/mol. The van der Waals surface area contributed by atoms with Gasteiger partial charge in [-0.15, -0.1) is 0 Å². The number of rotatable bonds is 4. The number of ether oxygens (including phenoxy) is 1. The Morgan fingerprint density at radius 3 is 2.06 bits per heavy atom. The second-order valence-corrected chi connectivity index (χ2v) is 6.73. The van der Waals surface area contributed by atoms with E-state index >= 15 is 0 Å². The summed E-state index contributed by atoms with van der Waals surface area (Å²) >= 11 is 0. The first kappa shape index (κ1) is 26.5. The van der Waals surface area contributed by atoms with Gasteiger partial charge >= 0.3 is 24.3 Å². The van der Waals surface area contributed by atoms with Crippen molar-refractivity contribution >= 4 is 17.6 Å². The molecule has 0 radical (unpaired) electrons. The van der Waals surface area contributed by atoms with Crippen LogP contribution in [0.3, 0.4) is 0 Å². The van der Waals surface area contributed by atoms with Crippen molar-refractivity contribution in [2.75, 3.05) is 31.6 Å². The first-order valence-corrected chi connectivity index (χ1v) is 9.31. The number of methoxy groups -OCH3 is 1. The fourth-order valence-corrected chi connectivity index (χ4v) is 3.23. The van der Waals surface area contributed by atoms with Crippen LogP contribution in [-0.2, 0) is 15.7 Å². The summed E-state index contributed by atoms with van der Waals surface area (Å²) < 4.78 is 76.2. The van der Waals surface area contributed by atoms with Crippen molar-refractivity contribution in [2.45, 2.75) is 45.1 Å². The molecule has 1 aromatic carbocycles. The lowest BCUT2D eigenvalue weighted by atomic mass is 9.98. The topological polar surface area (TPSA) is 78.9 Å². The van der Waals surface area contributed by atoms with Gasteiger partial charge in [-0.05, 0) is 57.5 Å². The third-order valence-corrected chi connectivity index (χ3v) is 4.75. The molecule has 1 heterocycles. The Hall–Kier alpha value is -2.50. The summed E-state index contributed by atoms with van der Waals surface area (Å²) in [7, 11) is 1.17. The number of halogens is 6. The van der Waals surface area contributed by atoms with Gasteiger partial charge < -0.3 is 20.1 Å². The van der Waals surface area contributed by atoms with E-state index in [0.29, 0.717) is 17.8 Å². The molecule has 0 bridgehead atoms. The fourth-order valence-electron chi connectivity index (χ4n) is 3.23. The first-order valence-electron chi connectivity index (χ1n) is 9.31. The Balaban J connectivity index is 0.000000592. The highest BCUT2D eigenvalue weighted by molar-refractivity contribution is 5.93. The van der Waals surface area contributed by atoms with Gasteiger partial charge in [0.05, 0.1) is 18.2 Å². The standard InChI is InChI=1S/C17H23F3N2O2.C2HF3O2/c1-4-22(13-5-7-21-8-6-13)15-10-12(17(18,19)20)9-14(11(15)2)16(23)24-3;3-2(4,5)1(6)7/h9-10,13,21H,4-8H2,1-3H3;(H,6,7). The normalized spacial score (nSPS) is 15.0. The molecule has 0 aliphatic carbocycles. The van der Waals surface area contributed by atoms with Crippen LogP contribution < -0.4 is 10.2 Å². The molecule has 0 amide bonds. The second-order valence-electron chi connectivity index (χ2n) is 6.73. The maximum absolute atomic E-state index is 13.3. The van der Waals surface area contributed by atoms with Gasteiger partial charge in [0, 0.05) is 18.3 Å². The maximum Gasteiger partial charge on any atom is 0.490 e. The molecule has 1 saturated heterocycles. The molecule has 2 rings (SSSR count). The van der Waals surface area contributed by atoms with Crippen LogP contribution in [0.1, 0.15) is 41.3 Å². The van der Waals surface area contributed by atoms with Crippen LogP contribution in [0.2, 0.25) is 0 Å². The van der Waals surface area contributed by atoms with E-state index in [1.807, 2.05) is 11.8 Å². The Bertz CT molecular complexity index is 774. The summed E-state index contributed by atoms with van der Waals surface area (Å²) in [5.41, 5.74) is 0.125. The van der Waals surface area contributed by atoms with Gasteiger partial charge in [-0.25, -0.2) is 9.59 Å². The molecule has 0 saturated carbocycles. The highest BCUT2D eigenvalue weighted by Gasteiger charge is 2.38. The smallest absolute Gasteiger partial charge is 0.475 e. The van der Waals surface area contributed by atoms with E-state index in [1.54, 1.807) is 6.92 Å². The van der Waals surface area contributed by atoms with Crippen molar-refractivity contribution < 1.29 is 45.8 Å². The van der Waals surface area contributed by atoms with E-state index in [1.165, 1.54) is 7.11 Å². The zero-order chi connectivity index (χ0) is 24.0. The number of hydrogen-bond acceptors (Lipinski definition) is 5. The van der Waals surface area contributed by atoms with E-state index in [9.17, 15) is 31.1 Å². The summed E-state index contributed by atoms with van der Waals surface area (Å²) in [5, 5.41) is 10.4. The third-order valence-electron chi connectivity index (χ3n) is 4.75. The van der Waals surface area contributed by atoms with Crippen molar-refractivity contribution in [1.29, 1.82) is 0 Å². The number of carboxylic acids is 1. The van der Waals surface area contributed by atoms with Gasteiger partial charge in [0.15, 0.2) is 0 Å². The number of anilines is 1. The largest absolute Gasteiger partial charge is 0.490 e. The zero-order valence-electron chi connectivity index (χ0n) is 17.2. The van der Waals surface area contributed by atoms with Crippen LogP contribution in [0.5, 0.6) is 0 Å². The molecular formula is C19H24F6N2O4. The van der Waals surface area contributed by atoms with Crippen molar-refractivity contribution in [3.8, 4) is 0 Å². The molecule has 0 spiro atoms. The van der Waals surface area contributed by atoms with Crippen molar-refractivity contribution in [3.05, 3.63) is 28.8 Å². The van der Waals surface area contributed by atoms with Gasteiger partial charge in [0.2, 0.25) is 0 Å². The van der Waals surface area contributed by atoms with E-state index in [0.717, 1.165) is 38.1 Å². The van der Waals surface area contributed by atoms with Crippen LogP contribution in [0.15, 0.2) is 12.1 Å². The first-order chi connectivity index (χ1) is 14.2. The lowest BCUT2D eigenvalue weighted by Crippen LogP contribution is -2.43. The highest BCUT2D eigenvalue weighted by atomic mass is 19.4. The van der Waals surface area contributed by atoms with E-state index in [-0.39, 0.29) is 11.6 Å².